The number of fused-ring (bicyclic) bond motifs is 1. The highest BCUT2D eigenvalue weighted by molar-refractivity contribution is 7.87. The SMILES string of the molecule is NCCN(CCN)S(=O)(=O)NCCCC[C@H](N)C(=O)N[C@H](Cc1ccc(C(F)(F)F)cc1)C(=O)Nc1cnc2ccccc2c1. The number of carbonyl (C=O) groups is 2. The summed E-state index contributed by atoms with van der Waals surface area (Å²) in [6.45, 7) is 0.622. The molecule has 1 aromatic heterocycles. The molecule has 0 aliphatic carbocycles. The summed E-state index contributed by atoms with van der Waals surface area (Å²) in [7, 11) is -3.77. The summed E-state index contributed by atoms with van der Waals surface area (Å²) in [6, 6.07) is 11.1. The lowest BCUT2D eigenvalue weighted by molar-refractivity contribution is -0.137. The van der Waals surface area contributed by atoms with Gasteiger partial charge in [-0.15, -0.1) is 0 Å². The number of nitrogens with two attached hydrogens (primary N) is 3. The second-order valence-corrected chi connectivity index (χ2v) is 12.1. The van der Waals surface area contributed by atoms with Crippen LogP contribution in [0.25, 0.3) is 10.9 Å². The van der Waals surface area contributed by atoms with Crippen molar-refractivity contribution < 1.29 is 31.2 Å². The van der Waals surface area contributed by atoms with Crippen molar-refractivity contribution in [2.75, 3.05) is 38.0 Å². The summed E-state index contributed by atoms with van der Waals surface area (Å²) in [6.07, 6.45) is -2.21. The Morgan fingerprint density at radius 1 is 0.956 bits per heavy atom. The fourth-order valence-corrected chi connectivity index (χ4v) is 5.75. The zero-order valence-corrected chi connectivity index (χ0v) is 25.4. The predicted molar refractivity (Wildman–Crippen MR) is 166 cm³/mol. The molecular weight excluding hydrogens is 613 g/mol. The molecule has 0 radical (unpaired) electrons. The van der Waals surface area contributed by atoms with E-state index in [2.05, 4.69) is 20.3 Å². The van der Waals surface area contributed by atoms with Crippen molar-refractivity contribution in [2.45, 2.75) is 43.9 Å². The summed E-state index contributed by atoms with van der Waals surface area (Å²) < 4.78 is 67.6. The first-order valence-corrected chi connectivity index (χ1v) is 15.8. The smallest absolute Gasteiger partial charge is 0.343 e. The van der Waals surface area contributed by atoms with E-state index in [4.69, 9.17) is 17.2 Å². The molecule has 0 fully saturated rings. The Morgan fingerprint density at radius 2 is 1.62 bits per heavy atom. The third kappa shape index (κ3) is 11.0. The van der Waals surface area contributed by atoms with Gasteiger partial charge in [-0.1, -0.05) is 36.8 Å². The minimum atomic E-state index is -4.52. The van der Waals surface area contributed by atoms with Crippen LogP contribution < -0.4 is 32.6 Å². The van der Waals surface area contributed by atoms with Crippen LogP contribution in [0.5, 0.6) is 0 Å². The van der Waals surface area contributed by atoms with E-state index in [0.717, 1.165) is 21.8 Å². The molecule has 12 nitrogen and oxygen atoms in total. The molecule has 45 heavy (non-hydrogen) atoms. The predicted octanol–water partition coefficient (Wildman–Crippen LogP) is 1.47. The number of para-hydroxylation sites is 1. The number of amides is 2. The Labute approximate surface area is 260 Å². The minimum Gasteiger partial charge on any atom is -0.343 e. The first-order valence-electron chi connectivity index (χ1n) is 14.4. The lowest BCUT2D eigenvalue weighted by Gasteiger charge is -2.22. The number of halogens is 3. The van der Waals surface area contributed by atoms with Crippen LogP contribution >= 0.6 is 0 Å². The summed E-state index contributed by atoms with van der Waals surface area (Å²) in [5, 5.41) is 6.10. The zero-order chi connectivity index (χ0) is 33.0. The molecule has 3 aromatic rings. The lowest BCUT2D eigenvalue weighted by atomic mass is 10.0. The molecule has 9 N–H and O–H groups in total. The van der Waals surface area contributed by atoms with Gasteiger partial charge in [0.25, 0.3) is 10.2 Å². The second kappa shape index (κ2) is 16.6. The molecule has 0 aliphatic rings. The third-order valence-corrected chi connectivity index (χ3v) is 8.49. The van der Waals surface area contributed by atoms with E-state index in [9.17, 15) is 31.2 Å². The molecule has 2 aromatic carbocycles. The average molecular weight is 653 g/mol. The summed E-state index contributed by atoms with van der Waals surface area (Å²) in [5.41, 5.74) is 17.7. The highest BCUT2D eigenvalue weighted by Gasteiger charge is 2.30. The van der Waals surface area contributed by atoms with E-state index in [1.165, 1.54) is 18.3 Å². The van der Waals surface area contributed by atoms with Crippen molar-refractivity contribution in [3.05, 3.63) is 71.9 Å². The Bertz CT molecular complexity index is 1520. The molecule has 2 atom stereocenters. The molecule has 0 saturated carbocycles. The van der Waals surface area contributed by atoms with Crippen LogP contribution in [0, 0.1) is 0 Å². The number of hydrogen-bond acceptors (Lipinski definition) is 8. The maximum atomic E-state index is 13.3. The first-order chi connectivity index (χ1) is 21.3. The van der Waals surface area contributed by atoms with E-state index in [1.807, 2.05) is 24.3 Å². The van der Waals surface area contributed by atoms with Crippen LogP contribution in [0.1, 0.15) is 30.4 Å². The molecule has 0 aliphatic heterocycles. The van der Waals surface area contributed by atoms with Crippen molar-refractivity contribution in [1.29, 1.82) is 0 Å². The Morgan fingerprint density at radius 3 is 2.27 bits per heavy atom. The van der Waals surface area contributed by atoms with Crippen molar-refractivity contribution in [3.8, 4) is 0 Å². The van der Waals surface area contributed by atoms with Gasteiger partial charge in [0, 0.05) is 44.5 Å². The molecule has 3 rings (SSSR count). The van der Waals surface area contributed by atoms with Gasteiger partial charge in [-0.3, -0.25) is 14.6 Å². The Hall–Kier alpha value is -3.67. The van der Waals surface area contributed by atoms with Gasteiger partial charge in [-0.2, -0.15) is 25.9 Å². The van der Waals surface area contributed by atoms with Gasteiger partial charge < -0.3 is 27.8 Å². The number of rotatable bonds is 17. The van der Waals surface area contributed by atoms with E-state index in [0.29, 0.717) is 29.6 Å². The number of pyridine rings is 1. The van der Waals surface area contributed by atoms with Crippen LogP contribution in [0.2, 0.25) is 0 Å². The highest BCUT2D eigenvalue weighted by Crippen LogP contribution is 2.29. The number of nitrogens with one attached hydrogen (secondary N) is 3. The Balaban J connectivity index is 1.63. The molecule has 16 heteroatoms. The number of unbranched alkanes of at least 4 members (excludes halogenated alkanes) is 1. The van der Waals surface area contributed by atoms with E-state index >= 15 is 0 Å². The van der Waals surface area contributed by atoms with Crippen LogP contribution in [0.15, 0.2) is 60.8 Å². The quantitative estimate of drug-likeness (QED) is 0.118. The summed E-state index contributed by atoms with van der Waals surface area (Å²) >= 11 is 0. The maximum absolute atomic E-state index is 13.3. The van der Waals surface area contributed by atoms with Crippen LogP contribution in [0.3, 0.4) is 0 Å². The molecule has 0 spiro atoms. The Kier molecular flexibility index (Phi) is 13.2. The number of benzene rings is 2. The van der Waals surface area contributed by atoms with Crippen molar-refractivity contribution >= 4 is 38.6 Å². The average Bonchev–Trinajstić information content (AvgIpc) is 3.00. The third-order valence-electron chi connectivity index (χ3n) is 6.87. The van der Waals surface area contributed by atoms with Crippen LogP contribution in [0.4, 0.5) is 18.9 Å². The molecule has 0 unspecified atom stereocenters. The van der Waals surface area contributed by atoms with Gasteiger partial charge in [0.05, 0.1) is 29.0 Å². The van der Waals surface area contributed by atoms with E-state index < -0.39 is 45.8 Å². The molecule has 1 heterocycles. The van der Waals surface area contributed by atoms with Crippen molar-refractivity contribution in [1.82, 2.24) is 19.3 Å². The topological polar surface area (TPSA) is 199 Å². The van der Waals surface area contributed by atoms with Crippen LogP contribution in [-0.2, 0) is 32.4 Å². The van der Waals surface area contributed by atoms with Crippen LogP contribution in [-0.4, -0.2) is 74.3 Å². The standard InChI is InChI=1S/C29H39F3N8O4S/c30-29(31,32)22-10-8-20(9-11-22)17-26(28(42)38-23-18-21-5-1-2-7-25(21)36-19-23)39-27(41)24(35)6-3-4-14-37-45(43,44)40(15-12-33)16-13-34/h1-2,5,7-11,18-19,24,26,37H,3-4,6,12-17,33-35H2,(H,38,42)(H,39,41)/t24-,26+/m0/s1. The highest BCUT2D eigenvalue weighted by atomic mass is 32.2. The molecule has 246 valence electrons. The lowest BCUT2D eigenvalue weighted by Crippen LogP contribution is -2.51. The van der Waals surface area contributed by atoms with Gasteiger partial charge in [0.1, 0.15) is 6.04 Å². The molecular formula is C29H39F3N8O4S. The summed E-state index contributed by atoms with van der Waals surface area (Å²) in [4.78, 5) is 30.6. The largest absolute Gasteiger partial charge is 0.416 e. The number of carbonyl (C=O) groups excluding carboxylic acids is 2. The first kappa shape index (κ1) is 35.8. The summed E-state index contributed by atoms with van der Waals surface area (Å²) in [5.74, 6) is -1.25. The minimum absolute atomic E-state index is 0.0983. The number of hydrogen-bond donors (Lipinski definition) is 6. The zero-order valence-electron chi connectivity index (χ0n) is 24.6. The molecule has 0 saturated heterocycles. The van der Waals surface area contributed by atoms with Gasteiger partial charge >= 0.3 is 6.18 Å². The number of alkyl halides is 3. The van der Waals surface area contributed by atoms with E-state index in [-0.39, 0.29) is 45.6 Å². The fraction of sp³-hybridized carbons (Fsp3) is 0.414. The maximum Gasteiger partial charge on any atom is 0.416 e. The molecule has 0 bridgehead atoms. The number of nitrogens with zero attached hydrogens (tertiary/aromatic N) is 2. The van der Waals surface area contributed by atoms with Gasteiger partial charge in [0.2, 0.25) is 11.8 Å². The number of anilines is 1. The van der Waals surface area contributed by atoms with Gasteiger partial charge in [0.15, 0.2) is 0 Å². The fourth-order valence-electron chi connectivity index (χ4n) is 4.48. The van der Waals surface area contributed by atoms with Gasteiger partial charge in [-0.25, -0.2) is 4.72 Å². The van der Waals surface area contributed by atoms with Gasteiger partial charge in [-0.05, 0) is 42.7 Å². The molecule has 2 amide bonds. The normalized spacial score (nSPS) is 13.5. The second-order valence-electron chi connectivity index (χ2n) is 10.3. The van der Waals surface area contributed by atoms with Crippen molar-refractivity contribution in [3.63, 3.8) is 0 Å². The monoisotopic (exact) mass is 652 g/mol. The number of aromatic nitrogens is 1. The van der Waals surface area contributed by atoms with Crippen molar-refractivity contribution in [2.24, 2.45) is 17.2 Å². The van der Waals surface area contributed by atoms with E-state index in [1.54, 1.807) is 6.07 Å².